The molecule has 2 fully saturated rings. The van der Waals surface area contributed by atoms with E-state index in [0.717, 1.165) is 6.54 Å². The third-order valence-corrected chi connectivity index (χ3v) is 6.00. The van der Waals surface area contributed by atoms with Gasteiger partial charge in [0.2, 0.25) is 0 Å². The number of ether oxygens (including phenoxy) is 1. The van der Waals surface area contributed by atoms with Crippen LogP contribution in [0.15, 0.2) is 24.3 Å². The minimum Gasteiger partial charge on any atom is -0.484 e. The highest BCUT2D eigenvalue weighted by atomic mass is 16.5. The number of likely N-dealkylation sites (tertiary alicyclic amines) is 1. The molecule has 26 heavy (non-hydrogen) atoms. The van der Waals surface area contributed by atoms with Gasteiger partial charge in [-0.25, -0.2) is 0 Å². The lowest BCUT2D eigenvalue weighted by Crippen LogP contribution is -3.22. The summed E-state index contributed by atoms with van der Waals surface area (Å²) < 4.78 is 5.56. The summed E-state index contributed by atoms with van der Waals surface area (Å²) in [5, 5.41) is 12.0. The van der Waals surface area contributed by atoms with Gasteiger partial charge in [-0.05, 0) is 56.4 Å². The van der Waals surface area contributed by atoms with Crippen LogP contribution in [0.25, 0.3) is 0 Å². The van der Waals surface area contributed by atoms with Crippen molar-refractivity contribution in [2.75, 3.05) is 26.2 Å². The predicted octanol–water partition coefficient (Wildman–Crippen LogP) is 1.82. The molecule has 1 heterocycles. The van der Waals surface area contributed by atoms with Gasteiger partial charge in [0.25, 0.3) is 5.91 Å². The molecule has 0 radical (unpaired) electrons. The Balaban J connectivity index is 1.51. The summed E-state index contributed by atoms with van der Waals surface area (Å²) in [7, 11) is 0. The summed E-state index contributed by atoms with van der Waals surface area (Å²) in [5.74, 6) is 0.559. The van der Waals surface area contributed by atoms with Gasteiger partial charge in [-0.15, -0.1) is 0 Å². The number of benzene rings is 1. The molecule has 0 bridgehead atoms. The van der Waals surface area contributed by atoms with Gasteiger partial charge in [0.15, 0.2) is 6.61 Å². The predicted molar refractivity (Wildman–Crippen MR) is 100 cm³/mol. The molecule has 1 saturated heterocycles. The minimum atomic E-state index is -0.0595. The monoisotopic (exact) mass is 356 g/mol. The second-order valence-electron chi connectivity index (χ2n) is 7.71. The number of nitrogens with one attached hydrogen (secondary N) is 2. The molecule has 1 aromatic carbocycles. The van der Waals surface area contributed by atoms with Crippen LogP contribution in [0.2, 0.25) is 0 Å². The van der Waals surface area contributed by atoms with Crippen LogP contribution in [0, 0.1) is 11.3 Å². The third kappa shape index (κ3) is 4.76. The van der Waals surface area contributed by atoms with Gasteiger partial charge in [0.1, 0.15) is 11.3 Å². The first-order valence-electron chi connectivity index (χ1n) is 9.97. The standard InChI is InChI=1S/C21H29N3O2/c22-15-18-7-9-19(10-8-18)26-16-20(25)23-17-21(11-3-1-4-12-21)24-13-5-2-6-14-24/h7-10H,1-6,11-14,16-17H2,(H,23,25)/p+1. The van der Waals surface area contributed by atoms with Crippen molar-refractivity contribution in [2.45, 2.75) is 56.9 Å². The van der Waals surface area contributed by atoms with E-state index in [1.165, 1.54) is 64.5 Å². The summed E-state index contributed by atoms with van der Waals surface area (Å²) in [4.78, 5) is 14.0. The van der Waals surface area contributed by atoms with E-state index in [2.05, 4.69) is 11.4 Å². The van der Waals surface area contributed by atoms with E-state index < -0.39 is 0 Å². The number of hydrogen-bond acceptors (Lipinski definition) is 3. The Morgan fingerprint density at radius 2 is 1.73 bits per heavy atom. The molecule has 1 saturated carbocycles. The van der Waals surface area contributed by atoms with E-state index in [-0.39, 0.29) is 18.1 Å². The largest absolute Gasteiger partial charge is 0.484 e. The fourth-order valence-corrected chi connectivity index (χ4v) is 4.49. The van der Waals surface area contributed by atoms with E-state index in [0.29, 0.717) is 11.3 Å². The average molecular weight is 356 g/mol. The van der Waals surface area contributed by atoms with Crippen molar-refractivity contribution >= 4 is 5.91 Å². The molecule has 0 atom stereocenters. The Bertz CT molecular complexity index is 624. The fraction of sp³-hybridized carbons (Fsp3) is 0.619. The summed E-state index contributed by atoms with van der Waals surface area (Å²) in [6.45, 7) is 3.28. The Hall–Kier alpha value is -2.06. The molecule has 0 aromatic heterocycles. The van der Waals surface area contributed by atoms with Crippen LogP contribution < -0.4 is 15.0 Å². The van der Waals surface area contributed by atoms with Crippen molar-refractivity contribution < 1.29 is 14.4 Å². The summed E-state index contributed by atoms with van der Waals surface area (Å²) in [5.41, 5.74) is 0.813. The normalized spacial score (nSPS) is 20.1. The maximum absolute atomic E-state index is 12.3. The first-order valence-corrected chi connectivity index (χ1v) is 9.97. The smallest absolute Gasteiger partial charge is 0.258 e. The number of amides is 1. The molecular formula is C21H30N3O2+. The zero-order chi connectivity index (χ0) is 18.2. The lowest BCUT2D eigenvalue weighted by molar-refractivity contribution is -0.957. The van der Waals surface area contributed by atoms with Gasteiger partial charge >= 0.3 is 0 Å². The molecule has 1 aromatic rings. The molecule has 0 spiro atoms. The van der Waals surface area contributed by atoms with Crippen molar-refractivity contribution in [1.82, 2.24) is 5.32 Å². The van der Waals surface area contributed by atoms with Crippen molar-refractivity contribution in [3.05, 3.63) is 29.8 Å². The van der Waals surface area contributed by atoms with Crippen molar-refractivity contribution in [1.29, 1.82) is 5.26 Å². The van der Waals surface area contributed by atoms with Crippen LogP contribution in [0.5, 0.6) is 5.75 Å². The average Bonchev–Trinajstić information content (AvgIpc) is 2.72. The number of piperidine rings is 1. The van der Waals surface area contributed by atoms with E-state index in [9.17, 15) is 4.79 Å². The van der Waals surface area contributed by atoms with Crippen LogP contribution in [0.3, 0.4) is 0 Å². The summed E-state index contributed by atoms with van der Waals surface area (Å²) >= 11 is 0. The van der Waals surface area contributed by atoms with Crippen LogP contribution in [0.1, 0.15) is 56.9 Å². The summed E-state index contributed by atoms with van der Waals surface area (Å²) in [6.07, 6.45) is 10.3. The maximum Gasteiger partial charge on any atom is 0.258 e. The van der Waals surface area contributed by atoms with Gasteiger partial charge in [0, 0.05) is 12.8 Å². The highest BCUT2D eigenvalue weighted by Crippen LogP contribution is 2.26. The number of quaternary nitrogens is 1. The van der Waals surface area contributed by atoms with Crippen LogP contribution in [-0.4, -0.2) is 37.7 Å². The second-order valence-corrected chi connectivity index (χ2v) is 7.71. The Morgan fingerprint density at radius 3 is 2.38 bits per heavy atom. The Labute approximate surface area is 156 Å². The quantitative estimate of drug-likeness (QED) is 0.817. The number of nitrogens with zero attached hydrogens (tertiary/aromatic N) is 1. The maximum atomic E-state index is 12.3. The van der Waals surface area contributed by atoms with Crippen molar-refractivity contribution in [2.24, 2.45) is 0 Å². The summed E-state index contributed by atoms with van der Waals surface area (Å²) in [6, 6.07) is 8.93. The number of nitriles is 1. The fourth-order valence-electron chi connectivity index (χ4n) is 4.49. The van der Waals surface area contributed by atoms with E-state index in [4.69, 9.17) is 10.00 Å². The molecule has 2 N–H and O–H groups in total. The lowest BCUT2D eigenvalue weighted by Gasteiger charge is -2.45. The van der Waals surface area contributed by atoms with Gasteiger partial charge < -0.3 is 15.0 Å². The highest BCUT2D eigenvalue weighted by Gasteiger charge is 2.42. The van der Waals surface area contributed by atoms with E-state index in [1.54, 1.807) is 29.2 Å². The van der Waals surface area contributed by atoms with E-state index >= 15 is 0 Å². The van der Waals surface area contributed by atoms with Crippen LogP contribution >= 0.6 is 0 Å². The van der Waals surface area contributed by atoms with Crippen molar-refractivity contribution in [3.8, 4) is 11.8 Å². The molecule has 5 heteroatoms. The number of carbonyl (C=O) groups excluding carboxylic acids is 1. The van der Waals surface area contributed by atoms with Gasteiger partial charge in [-0.2, -0.15) is 5.26 Å². The van der Waals surface area contributed by atoms with E-state index in [1.807, 2.05) is 0 Å². The Kier molecular flexibility index (Phi) is 6.51. The number of carbonyl (C=O) groups is 1. The molecule has 2 aliphatic rings. The minimum absolute atomic E-state index is 0.0251. The SMILES string of the molecule is N#Cc1ccc(OCC(=O)NCC2([NH+]3CCCCC3)CCCCC2)cc1. The zero-order valence-electron chi connectivity index (χ0n) is 15.6. The molecule has 1 aliphatic carbocycles. The third-order valence-electron chi connectivity index (χ3n) is 6.00. The second kappa shape index (κ2) is 9.05. The lowest BCUT2D eigenvalue weighted by atomic mass is 9.79. The number of hydrogen-bond donors (Lipinski definition) is 2. The molecule has 1 aliphatic heterocycles. The highest BCUT2D eigenvalue weighted by molar-refractivity contribution is 5.77. The first kappa shape index (κ1) is 18.7. The molecule has 0 unspecified atom stereocenters. The topological polar surface area (TPSA) is 66.6 Å². The Morgan fingerprint density at radius 1 is 1.08 bits per heavy atom. The number of rotatable bonds is 6. The van der Waals surface area contributed by atoms with Crippen molar-refractivity contribution in [3.63, 3.8) is 0 Å². The van der Waals surface area contributed by atoms with Crippen LogP contribution in [-0.2, 0) is 4.79 Å². The molecular weight excluding hydrogens is 326 g/mol. The van der Waals surface area contributed by atoms with Gasteiger partial charge in [-0.3, -0.25) is 4.79 Å². The molecule has 140 valence electrons. The van der Waals surface area contributed by atoms with Gasteiger partial charge in [0.05, 0.1) is 31.3 Å². The van der Waals surface area contributed by atoms with Crippen LogP contribution in [0.4, 0.5) is 0 Å². The molecule has 1 amide bonds. The van der Waals surface area contributed by atoms with Gasteiger partial charge in [-0.1, -0.05) is 6.42 Å². The zero-order valence-corrected chi connectivity index (χ0v) is 15.6. The first-order chi connectivity index (χ1) is 12.7. The molecule has 5 nitrogen and oxygen atoms in total. The molecule has 3 rings (SSSR count).